The van der Waals surface area contributed by atoms with Gasteiger partial charge in [-0.1, -0.05) is 39.7 Å². The number of halogens is 2. The maximum Gasteiger partial charge on any atom is 0.313 e. The van der Waals surface area contributed by atoms with E-state index >= 15 is 0 Å². The van der Waals surface area contributed by atoms with Gasteiger partial charge in [-0.3, -0.25) is 14.9 Å². The fourth-order valence-electron chi connectivity index (χ4n) is 3.74. The van der Waals surface area contributed by atoms with Gasteiger partial charge in [0.2, 0.25) is 11.6 Å². The Morgan fingerprint density at radius 3 is 2.81 bits per heavy atom. The van der Waals surface area contributed by atoms with Crippen LogP contribution in [0.4, 0.5) is 5.69 Å². The molecule has 0 aliphatic rings. The highest BCUT2D eigenvalue weighted by atomic mass is 79.9. The third kappa shape index (κ3) is 4.36. The van der Waals surface area contributed by atoms with Gasteiger partial charge in [-0.05, 0) is 49.4 Å². The summed E-state index contributed by atoms with van der Waals surface area (Å²) in [5.74, 6) is 0.479. The molecule has 0 saturated carbocycles. The third-order valence-electron chi connectivity index (χ3n) is 5.31. The van der Waals surface area contributed by atoms with Crippen LogP contribution in [0.2, 0.25) is 5.02 Å². The highest BCUT2D eigenvalue weighted by Crippen LogP contribution is 2.36. The highest BCUT2D eigenvalue weighted by molar-refractivity contribution is 9.10. The molecule has 0 aliphatic carbocycles. The van der Waals surface area contributed by atoms with Gasteiger partial charge in [0.1, 0.15) is 5.58 Å². The maximum atomic E-state index is 13.4. The zero-order valence-corrected chi connectivity index (χ0v) is 21.0. The molecule has 0 fully saturated rings. The van der Waals surface area contributed by atoms with Crippen LogP contribution in [0, 0.1) is 10.1 Å². The van der Waals surface area contributed by atoms with E-state index in [0.717, 1.165) is 14.5 Å². The lowest BCUT2D eigenvalue weighted by Crippen LogP contribution is -2.20. The van der Waals surface area contributed by atoms with Crippen molar-refractivity contribution in [3.05, 3.63) is 96.2 Å². The minimum Gasteiger partial charge on any atom is -0.486 e. The second-order valence-electron chi connectivity index (χ2n) is 7.65. The zero-order valence-electron chi connectivity index (χ0n) is 18.6. The molecule has 36 heavy (non-hydrogen) atoms. The van der Waals surface area contributed by atoms with E-state index in [2.05, 4.69) is 26.0 Å². The topological polar surface area (TPSA) is 113 Å². The van der Waals surface area contributed by atoms with Crippen molar-refractivity contribution in [1.82, 2.24) is 9.66 Å². The number of nitro benzene ring substituents is 1. The summed E-state index contributed by atoms with van der Waals surface area (Å²) < 4.78 is 13.3. The second kappa shape index (κ2) is 9.56. The van der Waals surface area contributed by atoms with E-state index in [-0.39, 0.29) is 28.9 Å². The first-order valence-corrected chi connectivity index (χ1v) is 11.9. The number of hydrogen-bond acceptors (Lipinski definition) is 7. The standard InChI is InChI=1S/C25H16BrClN4O5/c1-2-35-23-18(27)9-14(10-20(23)31(33)34)13-28-30-24(29-19-6-4-3-5-17(19)25(30)32)22-12-15-11-16(26)7-8-21(15)36-22/h3-13H,2H2,1H3. The minimum atomic E-state index is -0.587. The molecule has 11 heteroatoms. The molecule has 0 amide bonds. The van der Waals surface area contributed by atoms with E-state index in [1.54, 1.807) is 43.3 Å². The summed E-state index contributed by atoms with van der Waals surface area (Å²) in [4.78, 5) is 29.0. The summed E-state index contributed by atoms with van der Waals surface area (Å²) in [5, 5.41) is 17.1. The van der Waals surface area contributed by atoms with Crippen LogP contribution in [-0.2, 0) is 0 Å². The van der Waals surface area contributed by atoms with Crippen molar-refractivity contribution in [1.29, 1.82) is 0 Å². The SMILES string of the molecule is CCOc1c(Cl)cc(C=Nn2c(-c3cc4cc(Br)ccc4o3)nc3ccccc3c2=O)cc1[N+](=O)[O-]. The number of rotatable bonds is 6. The lowest BCUT2D eigenvalue weighted by Gasteiger charge is -2.08. The predicted octanol–water partition coefficient (Wildman–Crippen LogP) is 6.41. The summed E-state index contributed by atoms with van der Waals surface area (Å²) in [6.45, 7) is 1.91. The molecule has 0 aliphatic heterocycles. The third-order valence-corrected chi connectivity index (χ3v) is 6.08. The van der Waals surface area contributed by atoms with Gasteiger partial charge in [0.15, 0.2) is 5.76 Å². The molecule has 2 aromatic heterocycles. The van der Waals surface area contributed by atoms with Crippen LogP contribution in [-0.4, -0.2) is 27.4 Å². The number of ether oxygens (including phenoxy) is 1. The van der Waals surface area contributed by atoms with E-state index in [1.165, 1.54) is 18.3 Å². The van der Waals surface area contributed by atoms with Crippen LogP contribution in [0.25, 0.3) is 33.5 Å². The molecule has 180 valence electrons. The van der Waals surface area contributed by atoms with Gasteiger partial charge in [0, 0.05) is 21.5 Å². The Hall–Kier alpha value is -4.02. The van der Waals surface area contributed by atoms with E-state index < -0.39 is 10.5 Å². The Morgan fingerprint density at radius 1 is 1.22 bits per heavy atom. The smallest absolute Gasteiger partial charge is 0.313 e. The van der Waals surface area contributed by atoms with E-state index in [4.69, 9.17) is 20.8 Å². The number of aromatic nitrogens is 2. The Labute approximate surface area is 216 Å². The Balaban J connectivity index is 1.69. The van der Waals surface area contributed by atoms with Crippen LogP contribution >= 0.6 is 27.5 Å². The van der Waals surface area contributed by atoms with E-state index in [9.17, 15) is 14.9 Å². The van der Waals surface area contributed by atoms with Crippen LogP contribution in [0.1, 0.15) is 12.5 Å². The lowest BCUT2D eigenvalue weighted by molar-refractivity contribution is -0.385. The van der Waals surface area contributed by atoms with Crippen LogP contribution in [0.5, 0.6) is 5.75 Å². The largest absolute Gasteiger partial charge is 0.486 e. The molecular formula is C25H16BrClN4O5. The van der Waals surface area contributed by atoms with Crippen molar-refractivity contribution in [3.8, 4) is 17.3 Å². The highest BCUT2D eigenvalue weighted by Gasteiger charge is 2.21. The molecule has 5 aromatic rings. The molecule has 2 heterocycles. The van der Waals surface area contributed by atoms with Crippen molar-refractivity contribution < 1.29 is 14.1 Å². The number of nitrogens with zero attached hydrogens (tertiary/aromatic N) is 4. The molecule has 0 saturated heterocycles. The summed E-state index contributed by atoms with van der Waals surface area (Å²) in [7, 11) is 0. The first-order valence-electron chi connectivity index (χ1n) is 10.7. The average molecular weight is 568 g/mol. The molecule has 9 nitrogen and oxygen atoms in total. The molecule has 0 atom stereocenters. The second-order valence-corrected chi connectivity index (χ2v) is 8.97. The van der Waals surface area contributed by atoms with Gasteiger partial charge < -0.3 is 9.15 Å². The van der Waals surface area contributed by atoms with Crippen molar-refractivity contribution in [2.75, 3.05) is 6.61 Å². The van der Waals surface area contributed by atoms with E-state index in [1.807, 2.05) is 12.1 Å². The molecule has 0 radical (unpaired) electrons. The summed E-state index contributed by atoms with van der Waals surface area (Å²) in [5.41, 5.74) is 0.651. The van der Waals surface area contributed by atoms with Crippen LogP contribution < -0.4 is 10.3 Å². The molecule has 0 spiro atoms. The van der Waals surface area contributed by atoms with Gasteiger partial charge in [-0.2, -0.15) is 9.78 Å². The number of benzene rings is 3. The summed E-state index contributed by atoms with van der Waals surface area (Å²) in [6.07, 6.45) is 1.30. The molecule has 0 unspecified atom stereocenters. The maximum absolute atomic E-state index is 13.4. The lowest BCUT2D eigenvalue weighted by atomic mass is 10.2. The van der Waals surface area contributed by atoms with Gasteiger partial charge in [0.05, 0.1) is 33.7 Å². The number of para-hydroxylation sites is 1. The number of furan rings is 1. The minimum absolute atomic E-state index is 0.0278. The van der Waals surface area contributed by atoms with Gasteiger partial charge in [-0.25, -0.2) is 4.98 Å². The fourth-order valence-corrected chi connectivity index (χ4v) is 4.39. The fraction of sp³-hybridized carbons (Fsp3) is 0.0800. The number of nitro groups is 1. The molecule has 3 aromatic carbocycles. The van der Waals surface area contributed by atoms with Crippen LogP contribution in [0.3, 0.4) is 0 Å². The zero-order chi connectivity index (χ0) is 25.4. The Bertz CT molecular complexity index is 1740. The number of fused-ring (bicyclic) bond motifs is 2. The van der Waals surface area contributed by atoms with Crippen molar-refractivity contribution in [2.45, 2.75) is 6.92 Å². The predicted molar refractivity (Wildman–Crippen MR) is 141 cm³/mol. The molecule has 5 rings (SSSR count). The van der Waals surface area contributed by atoms with Gasteiger partial charge in [-0.15, -0.1) is 0 Å². The molecule has 0 N–H and O–H groups in total. The van der Waals surface area contributed by atoms with Crippen molar-refractivity contribution >= 4 is 61.3 Å². The Morgan fingerprint density at radius 2 is 2.03 bits per heavy atom. The first kappa shape index (κ1) is 23.7. The summed E-state index contributed by atoms with van der Waals surface area (Å²) >= 11 is 9.68. The van der Waals surface area contributed by atoms with E-state index in [0.29, 0.717) is 27.8 Å². The number of hydrogen-bond donors (Lipinski definition) is 0. The van der Waals surface area contributed by atoms with Gasteiger partial charge in [0.25, 0.3) is 5.56 Å². The average Bonchev–Trinajstić information content (AvgIpc) is 3.27. The normalized spacial score (nSPS) is 11.5. The van der Waals surface area contributed by atoms with Crippen molar-refractivity contribution in [2.24, 2.45) is 5.10 Å². The molecular weight excluding hydrogens is 552 g/mol. The quantitative estimate of drug-likeness (QED) is 0.133. The first-order chi connectivity index (χ1) is 17.4. The summed E-state index contributed by atoms with van der Waals surface area (Å²) in [6, 6.07) is 16.9. The van der Waals surface area contributed by atoms with Crippen LogP contribution in [0.15, 0.2) is 79.4 Å². The van der Waals surface area contributed by atoms with Crippen molar-refractivity contribution in [3.63, 3.8) is 0 Å². The van der Waals surface area contributed by atoms with Gasteiger partial charge >= 0.3 is 5.69 Å². The monoisotopic (exact) mass is 566 g/mol. The molecule has 0 bridgehead atoms. The Kier molecular flexibility index (Phi) is 6.29.